The smallest absolute Gasteiger partial charge is 0.222 e. The number of carbonyl (C=O) groups is 1. The summed E-state index contributed by atoms with van der Waals surface area (Å²) in [5.74, 6) is 2.88. The molecular weight excluding hydrogens is 364 g/mol. The minimum Gasteiger partial charge on any atom is -0.466 e. The summed E-state index contributed by atoms with van der Waals surface area (Å²) in [4.78, 5) is 24.4. The maximum atomic E-state index is 12.4. The van der Waals surface area contributed by atoms with Crippen molar-refractivity contribution >= 4 is 5.91 Å². The Bertz CT molecular complexity index is 790. The van der Waals surface area contributed by atoms with Gasteiger partial charge in [-0.05, 0) is 69.8 Å². The molecule has 1 unspecified atom stereocenters. The first-order valence-electron chi connectivity index (χ1n) is 11.1. The average Bonchev–Trinajstić information content (AvgIpc) is 3.40. The van der Waals surface area contributed by atoms with Crippen molar-refractivity contribution in [2.24, 2.45) is 5.41 Å². The standard InChI is InChI=1S/C23H34N4O2/c1-18(21-4-3-19(2)29-21)6-11-26-13-9-23(10-14-26)8-5-22(28)27(16-23)12-7-20-15-24-17-25-20/h3-4,15,17-18H,5-14,16H2,1-2H3,(H,24,25). The Balaban J connectivity index is 1.24. The molecule has 0 aromatic carbocycles. The Labute approximate surface area is 173 Å². The van der Waals surface area contributed by atoms with Crippen LogP contribution in [0, 0.1) is 12.3 Å². The molecule has 2 aliphatic heterocycles. The van der Waals surface area contributed by atoms with Gasteiger partial charge in [0.15, 0.2) is 0 Å². The number of hydrogen-bond acceptors (Lipinski definition) is 4. The maximum absolute atomic E-state index is 12.4. The van der Waals surface area contributed by atoms with Crippen molar-refractivity contribution in [3.63, 3.8) is 0 Å². The quantitative estimate of drug-likeness (QED) is 0.771. The van der Waals surface area contributed by atoms with Crippen molar-refractivity contribution in [3.8, 4) is 0 Å². The molecule has 158 valence electrons. The van der Waals surface area contributed by atoms with E-state index >= 15 is 0 Å². The first-order valence-corrected chi connectivity index (χ1v) is 11.1. The normalized spacial score (nSPS) is 21.0. The molecule has 2 fully saturated rings. The third kappa shape index (κ3) is 4.92. The third-order valence-corrected chi connectivity index (χ3v) is 7.00. The van der Waals surface area contributed by atoms with Gasteiger partial charge >= 0.3 is 0 Å². The summed E-state index contributed by atoms with van der Waals surface area (Å²) in [7, 11) is 0. The monoisotopic (exact) mass is 398 g/mol. The van der Waals surface area contributed by atoms with Crippen LogP contribution < -0.4 is 0 Å². The molecule has 2 saturated heterocycles. The van der Waals surface area contributed by atoms with E-state index in [1.807, 2.05) is 13.1 Å². The molecule has 29 heavy (non-hydrogen) atoms. The summed E-state index contributed by atoms with van der Waals surface area (Å²) in [5.41, 5.74) is 1.43. The van der Waals surface area contributed by atoms with Crippen molar-refractivity contribution in [3.05, 3.63) is 41.9 Å². The Morgan fingerprint density at radius 2 is 2.07 bits per heavy atom. The molecule has 0 radical (unpaired) electrons. The third-order valence-electron chi connectivity index (χ3n) is 7.00. The number of aromatic amines is 1. The van der Waals surface area contributed by atoms with E-state index in [9.17, 15) is 4.79 Å². The Morgan fingerprint density at radius 1 is 1.24 bits per heavy atom. The fraction of sp³-hybridized carbons (Fsp3) is 0.652. The molecule has 0 saturated carbocycles. The van der Waals surface area contributed by atoms with E-state index in [1.165, 1.54) is 12.8 Å². The van der Waals surface area contributed by atoms with Crippen LogP contribution >= 0.6 is 0 Å². The molecule has 2 aliphatic rings. The summed E-state index contributed by atoms with van der Waals surface area (Å²) in [5, 5.41) is 0. The number of piperidine rings is 2. The van der Waals surface area contributed by atoms with Crippen LogP contribution in [0.15, 0.2) is 29.1 Å². The van der Waals surface area contributed by atoms with Gasteiger partial charge < -0.3 is 19.2 Å². The van der Waals surface area contributed by atoms with Crippen molar-refractivity contribution in [2.75, 3.05) is 32.7 Å². The highest BCUT2D eigenvalue weighted by molar-refractivity contribution is 5.77. The summed E-state index contributed by atoms with van der Waals surface area (Å²) in [6.45, 7) is 9.41. The number of aromatic nitrogens is 2. The highest BCUT2D eigenvalue weighted by Crippen LogP contribution is 2.40. The van der Waals surface area contributed by atoms with Crippen LogP contribution in [-0.2, 0) is 11.2 Å². The summed E-state index contributed by atoms with van der Waals surface area (Å²) >= 11 is 0. The first-order chi connectivity index (χ1) is 14.0. The Morgan fingerprint density at radius 3 is 2.76 bits per heavy atom. The van der Waals surface area contributed by atoms with Crippen LogP contribution in [0.25, 0.3) is 0 Å². The number of furan rings is 1. The number of amides is 1. The number of nitrogens with one attached hydrogen (secondary N) is 1. The van der Waals surface area contributed by atoms with Gasteiger partial charge in [-0.25, -0.2) is 4.98 Å². The summed E-state index contributed by atoms with van der Waals surface area (Å²) in [6.07, 6.45) is 9.73. The number of hydrogen-bond donors (Lipinski definition) is 1. The van der Waals surface area contributed by atoms with Gasteiger partial charge in [0.1, 0.15) is 11.5 Å². The topological polar surface area (TPSA) is 65.4 Å². The lowest BCUT2D eigenvalue weighted by Crippen LogP contribution is -2.52. The molecule has 0 bridgehead atoms. The second-order valence-electron chi connectivity index (χ2n) is 9.12. The van der Waals surface area contributed by atoms with Gasteiger partial charge in [-0.2, -0.15) is 0 Å². The van der Waals surface area contributed by atoms with Crippen LogP contribution in [0.5, 0.6) is 0 Å². The number of likely N-dealkylation sites (tertiary alicyclic amines) is 2. The zero-order chi connectivity index (χ0) is 20.3. The van der Waals surface area contributed by atoms with Crippen LogP contribution in [-0.4, -0.2) is 58.4 Å². The van der Waals surface area contributed by atoms with Crippen molar-refractivity contribution in [1.29, 1.82) is 0 Å². The van der Waals surface area contributed by atoms with E-state index in [2.05, 4.69) is 38.8 Å². The number of carbonyl (C=O) groups excluding carboxylic acids is 1. The maximum Gasteiger partial charge on any atom is 0.222 e. The molecule has 1 spiro atoms. The number of H-pyrrole nitrogens is 1. The minimum atomic E-state index is 0.320. The summed E-state index contributed by atoms with van der Waals surface area (Å²) < 4.78 is 5.78. The molecule has 1 atom stereocenters. The average molecular weight is 399 g/mol. The van der Waals surface area contributed by atoms with Crippen molar-refractivity contribution < 1.29 is 9.21 Å². The lowest BCUT2D eigenvalue weighted by Gasteiger charge is -2.47. The van der Waals surface area contributed by atoms with E-state index in [0.717, 1.165) is 69.2 Å². The molecule has 0 aliphatic carbocycles. The SMILES string of the molecule is Cc1ccc(C(C)CCN2CCC3(CCC(=O)N(CCc4cnc[nH]4)C3)CC2)o1. The number of rotatable bonds is 7. The van der Waals surface area contributed by atoms with E-state index in [1.54, 1.807) is 6.33 Å². The second kappa shape index (κ2) is 8.74. The molecular formula is C23H34N4O2. The number of imidazole rings is 1. The molecule has 1 amide bonds. The van der Waals surface area contributed by atoms with Gasteiger partial charge in [-0.15, -0.1) is 0 Å². The number of nitrogens with zero attached hydrogens (tertiary/aromatic N) is 3. The highest BCUT2D eigenvalue weighted by Gasteiger charge is 2.40. The first kappa shape index (κ1) is 20.2. The van der Waals surface area contributed by atoms with E-state index in [4.69, 9.17) is 4.42 Å². The molecule has 6 heteroatoms. The predicted molar refractivity (Wildman–Crippen MR) is 113 cm³/mol. The van der Waals surface area contributed by atoms with Gasteiger partial charge in [-0.1, -0.05) is 6.92 Å². The zero-order valence-electron chi connectivity index (χ0n) is 17.8. The Hall–Kier alpha value is -2.08. The lowest BCUT2D eigenvalue weighted by atomic mass is 9.72. The van der Waals surface area contributed by atoms with E-state index in [0.29, 0.717) is 23.7 Å². The van der Waals surface area contributed by atoms with Crippen LogP contribution in [0.4, 0.5) is 0 Å². The minimum absolute atomic E-state index is 0.320. The van der Waals surface area contributed by atoms with Gasteiger partial charge in [0, 0.05) is 43.7 Å². The molecule has 4 rings (SSSR count). The van der Waals surface area contributed by atoms with Gasteiger partial charge in [-0.3, -0.25) is 4.79 Å². The van der Waals surface area contributed by atoms with E-state index in [-0.39, 0.29) is 0 Å². The van der Waals surface area contributed by atoms with Gasteiger partial charge in [0.05, 0.1) is 6.33 Å². The fourth-order valence-corrected chi connectivity index (χ4v) is 4.88. The Kier molecular flexibility index (Phi) is 6.09. The molecule has 2 aromatic rings. The fourth-order valence-electron chi connectivity index (χ4n) is 4.88. The van der Waals surface area contributed by atoms with Crippen LogP contribution in [0.2, 0.25) is 0 Å². The molecule has 4 heterocycles. The second-order valence-corrected chi connectivity index (χ2v) is 9.12. The largest absolute Gasteiger partial charge is 0.466 e. The highest BCUT2D eigenvalue weighted by atomic mass is 16.3. The van der Waals surface area contributed by atoms with Crippen molar-refractivity contribution in [2.45, 2.75) is 58.3 Å². The van der Waals surface area contributed by atoms with E-state index < -0.39 is 0 Å². The summed E-state index contributed by atoms with van der Waals surface area (Å²) in [6, 6.07) is 4.17. The van der Waals surface area contributed by atoms with Crippen molar-refractivity contribution in [1.82, 2.24) is 19.8 Å². The van der Waals surface area contributed by atoms with Gasteiger partial charge in [0.25, 0.3) is 0 Å². The molecule has 2 aromatic heterocycles. The number of aryl methyl sites for hydroxylation is 1. The predicted octanol–water partition coefficient (Wildman–Crippen LogP) is 3.75. The zero-order valence-corrected chi connectivity index (χ0v) is 17.8. The van der Waals surface area contributed by atoms with Gasteiger partial charge in [0.2, 0.25) is 5.91 Å². The lowest BCUT2D eigenvalue weighted by molar-refractivity contribution is -0.139. The van der Waals surface area contributed by atoms with Crippen LogP contribution in [0.3, 0.4) is 0 Å². The van der Waals surface area contributed by atoms with Crippen LogP contribution in [0.1, 0.15) is 62.2 Å². The molecule has 1 N–H and O–H groups in total. The molecule has 6 nitrogen and oxygen atoms in total.